The average Bonchev–Trinajstić information content (AvgIpc) is 2.61. The molecule has 0 fully saturated rings. The summed E-state index contributed by atoms with van der Waals surface area (Å²) in [4.78, 5) is 22.3. The first-order chi connectivity index (χ1) is 12.0. The maximum absolute atomic E-state index is 12.1. The second-order valence-electron chi connectivity index (χ2n) is 5.09. The van der Waals surface area contributed by atoms with E-state index in [4.69, 9.17) is 17.0 Å². The summed E-state index contributed by atoms with van der Waals surface area (Å²) in [5.74, 6) is 0.225. The van der Waals surface area contributed by atoms with Gasteiger partial charge in [0.25, 0.3) is 11.6 Å². The lowest BCUT2D eigenvalue weighted by atomic mass is 10.2. The third-order valence-electron chi connectivity index (χ3n) is 3.13. The van der Waals surface area contributed by atoms with Crippen molar-refractivity contribution in [3.05, 3.63) is 64.2 Å². The third kappa shape index (κ3) is 5.54. The van der Waals surface area contributed by atoms with Crippen molar-refractivity contribution in [1.82, 2.24) is 5.32 Å². The molecule has 0 aromatic heterocycles. The number of anilines is 1. The van der Waals surface area contributed by atoms with Gasteiger partial charge in [0.15, 0.2) is 5.11 Å². The van der Waals surface area contributed by atoms with Crippen molar-refractivity contribution in [3.63, 3.8) is 0 Å². The number of nitrogens with one attached hydrogen (secondary N) is 2. The van der Waals surface area contributed by atoms with Crippen LogP contribution in [0.25, 0.3) is 0 Å². The third-order valence-corrected chi connectivity index (χ3v) is 3.34. The Kier molecular flexibility index (Phi) is 6.41. The highest BCUT2D eigenvalue weighted by Gasteiger charge is 2.12. The van der Waals surface area contributed by atoms with E-state index in [1.807, 2.05) is 6.92 Å². The summed E-state index contributed by atoms with van der Waals surface area (Å²) in [6, 6.07) is 12.6. The quantitative estimate of drug-likeness (QED) is 0.466. The monoisotopic (exact) mass is 359 g/mol. The number of rotatable bonds is 6. The van der Waals surface area contributed by atoms with E-state index < -0.39 is 10.8 Å². The highest BCUT2D eigenvalue weighted by atomic mass is 32.1. The number of nitro benzene ring substituents is 1. The molecule has 0 aliphatic carbocycles. The lowest BCUT2D eigenvalue weighted by Crippen LogP contribution is -2.34. The van der Waals surface area contributed by atoms with E-state index in [-0.39, 0.29) is 16.4 Å². The minimum Gasteiger partial charge on any atom is -0.494 e. The maximum atomic E-state index is 12.1. The summed E-state index contributed by atoms with van der Waals surface area (Å²) in [6.45, 7) is 2.67. The van der Waals surface area contributed by atoms with Crippen molar-refractivity contribution < 1.29 is 14.5 Å². The summed E-state index contributed by atoms with van der Waals surface area (Å²) >= 11 is 5.09. The first-order valence-electron chi connectivity index (χ1n) is 7.59. The van der Waals surface area contributed by atoms with Gasteiger partial charge in [-0.25, -0.2) is 0 Å². The number of hydrogen-bond donors (Lipinski definition) is 2. The van der Waals surface area contributed by atoms with Gasteiger partial charge < -0.3 is 10.1 Å². The van der Waals surface area contributed by atoms with Crippen LogP contribution in [0.2, 0.25) is 0 Å². The van der Waals surface area contributed by atoms with Gasteiger partial charge in [-0.15, -0.1) is 0 Å². The average molecular weight is 359 g/mol. The van der Waals surface area contributed by atoms with Crippen molar-refractivity contribution in [2.24, 2.45) is 0 Å². The molecule has 2 rings (SSSR count). The van der Waals surface area contributed by atoms with E-state index >= 15 is 0 Å². The van der Waals surface area contributed by atoms with Gasteiger partial charge in [-0.2, -0.15) is 0 Å². The fourth-order valence-corrected chi connectivity index (χ4v) is 2.16. The fraction of sp³-hybridized carbons (Fsp3) is 0.176. The first kappa shape index (κ1) is 18.3. The molecule has 7 nitrogen and oxygen atoms in total. The smallest absolute Gasteiger partial charge is 0.270 e. The van der Waals surface area contributed by atoms with Gasteiger partial charge in [0.2, 0.25) is 0 Å². The Morgan fingerprint density at radius 2 is 1.96 bits per heavy atom. The van der Waals surface area contributed by atoms with Gasteiger partial charge >= 0.3 is 0 Å². The summed E-state index contributed by atoms with van der Waals surface area (Å²) in [5, 5.41) is 16.2. The molecule has 0 atom stereocenters. The Morgan fingerprint density at radius 3 is 2.60 bits per heavy atom. The van der Waals surface area contributed by atoms with Crippen LogP contribution in [0.15, 0.2) is 48.5 Å². The molecule has 0 aliphatic heterocycles. The number of thiocarbonyl (C=S) groups is 1. The highest BCUT2D eigenvalue weighted by Crippen LogP contribution is 2.16. The van der Waals surface area contributed by atoms with E-state index in [0.717, 1.165) is 12.2 Å². The van der Waals surface area contributed by atoms with E-state index in [0.29, 0.717) is 12.3 Å². The molecule has 8 heteroatoms. The summed E-state index contributed by atoms with van der Waals surface area (Å²) < 4.78 is 5.48. The van der Waals surface area contributed by atoms with Gasteiger partial charge in [0.05, 0.1) is 11.5 Å². The van der Waals surface area contributed by atoms with Crippen LogP contribution < -0.4 is 15.4 Å². The predicted molar refractivity (Wildman–Crippen MR) is 99.0 cm³/mol. The van der Waals surface area contributed by atoms with Gasteiger partial charge in [0.1, 0.15) is 5.75 Å². The highest BCUT2D eigenvalue weighted by molar-refractivity contribution is 7.80. The van der Waals surface area contributed by atoms with Crippen molar-refractivity contribution in [2.75, 3.05) is 11.9 Å². The van der Waals surface area contributed by atoms with Gasteiger partial charge in [0, 0.05) is 23.4 Å². The second-order valence-corrected chi connectivity index (χ2v) is 5.50. The van der Waals surface area contributed by atoms with Crippen LogP contribution >= 0.6 is 12.2 Å². The molecular formula is C17H17N3O4S. The molecule has 0 aliphatic rings. The van der Waals surface area contributed by atoms with Crippen LogP contribution in [-0.4, -0.2) is 22.5 Å². The Labute approximate surface area is 150 Å². The van der Waals surface area contributed by atoms with E-state index in [1.165, 1.54) is 24.3 Å². The van der Waals surface area contributed by atoms with Crippen molar-refractivity contribution in [1.29, 1.82) is 0 Å². The molecule has 130 valence electrons. The largest absolute Gasteiger partial charge is 0.494 e. The number of carbonyl (C=O) groups excluding carboxylic acids is 1. The number of hydrogen-bond acceptors (Lipinski definition) is 5. The van der Waals surface area contributed by atoms with Crippen LogP contribution in [0.1, 0.15) is 23.7 Å². The fourth-order valence-electron chi connectivity index (χ4n) is 1.95. The number of non-ortho nitro benzene ring substituents is 1. The molecule has 1 amide bonds. The summed E-state index contributed by atoms with van der Waals surface area (Å²) in [5.41, 5.74) is 0.684. The lowest BCUT2D eigenvalue weighted by Gasteiger charge is -2.10. The number of nitro groups is 1. The van der Waals surface area contributed by atoms with Crippen molar-refractivity contribution in [3.8, 4) is 5.75 Å². The van der Waals surface area contributed by atoms with Crippen LogP contribution in [0.4, 0.5) is 11.4 Å². The van der Waals surface area contributed by atoms with Gasteiger partial charge in [-0.3, -0.25) is 20.2 Å². The SMILES string of the molecule is CCCOc1ccc(NC(=S)NC(=O)c2cccc([N+](=O)[O-])c2)cc1. The second kappa shape index (κ2) is 8.74. The molecule has 0 bridgehead atoms. The number of benzene rings is 2. The minimum absolute atomic E-state index is 0.0960. The Hall–Kier alpha value is -3.00. The Bertz CT molecular complexity index is 778. The molecule has 2 aromatic carbocycles. The van der Waals surface area contributed by atoms with Crippen LogP contribution in [-0.2, 0) is 0 Å². The molecule has 2 N–H and O–H groups in total. The molecule has 0 heterocycles. The Morgan fingerprint density at radius 1 is 1.24 bits per heavy atom. The van der Waals surface area contributed by atoms with Gasteiger partial charge in [-0.1, -0.05) is 13.0 Å². The Balaban J connectivity index is 1.94. The van der Waals surface area contributed by atoms with Crippen LogP contribution in [0.3, 0.4) is 0 Å². The normalized spacial score (nSPS) is 9.96. The standard InChI is InChI=1S/C17H17N3O4S/c1-2-10-24-15-8-6-13(7-9-15)18-17(25)19-16(21)12-4-3-5-14(11-12)20(22)23/h3-9,11H,2,10H2,1H3,(H2,18,19,21,25). The van der Waals surface area contributed by atoms with Crippen LogP contribution in [0.5, 0.6) is 5.75 Å². The molecule has 25 heavy (non-hydrogen) atoms. The maximum Gasteiger partial charge on any atom is 0.270 e. The topological polar surface area (TPSA) is 93.5 Å². The number of carbonyl (C=O) groups is 1. The first-order valence-corrected chi connectivity index (χ1v) is 8.00. The zero-order chi connectivity index (χ0) is 18.2. The number of amides is 1. The van der Waals surface area contributed by atoms with E-state index in [9.17, 15) is 14.9 Å². The molecule has 0 spiro atoms. The van der Waals surface area contributed by atoms with Crippen molar-refractivity contribution >= 4 is 34.6 Å². The zero-order valence-electron chi connectivity index (χ0n) is 13.5. The predicted octanol–water partition coefficient (Wildman–Crippen LogP) is 3.51. The number of nitrogens with zero attached hydrogens (tertiary/aromatic N) is 1. The minimum atomic E-state index is -0.560. The van der Waals surface area contributed by atoms with E-state index in [2.05, 4.69) is 10.6 Å². The molecular weight excluding hydrogens is 342 g/mol. The molecule has 2 aromatic rings. The molecule has 0 unspecified atom stereocenters. The van der Waals surface area contributed by atoms with Gasteiger partial charge in [-0.05, 0) is 49.0 Å². The summed E-state index contributed by atoms with van der Waals surface area (Å²) in [7, 11) is 0. The molecule has 0 radical (unpaired) electrons. The zero-order valence-corrected chi connectivity index (χ0v) is 14.3. The lowest BCUT2D eigenvalue weighted by molar-refractivity contribution is -0.384. The molecule has 0 saturated heterocycles. The van der Waals surface area contributed by atoms with E-state index in [1.54, 1.807) is 24.3 Å². The van der Waals surface area contributed by atoms with Crippen LogP contribution in [0, 0.1) is 10.1 Å². The molecule has 0 saturated carbocycles. The van der Waals surface area contributed by atoms with Crippen molar-refractivity contribution in [2.45, 2.75) is 13.3 Å². The number of ether oxygens (including phenoxy) is 1. The summed E-state index contributed by atoms with van der Waals surface area (Å²) in [6.07, 6.45) is 0.924.